The van der Waals surface area contributed by atoms with Crippen molar-refractivity contribution in [3.05, 3.63) is 35.9 Å². The first kappa shape index (κ1) is 18.2. The number of benzene rings is 1. The lowest BCUT2D eigenvalue weighted by atomic mass is 10.1. The van der Waals surface area contributed by atoms with Crippen molar-refractivity contribution in [3.8, 4) is 0 Å². The quantitative estimate of drug-likeness (QED) is 0.428. The Labute approximate surface area is 139 Å². The van der Waals surface area contributed by atoms with Crippen LogP contribution in [0, 0.1) is 0 Å². The van der Waals surface area contributed by atoms with Gasteiger partial charge in [-0.2, -0.15) is 4.31 Å². The predicted molar refractivity (Wildman–Crippen MR) is 93.4 cm³/mol. The van der Waals surface area contributed by atoms with Crippen LogP contribution in [0.4, 0.5) is 0 Å². The Morgan fingerprint density at radius 3 is 2.35 bits per heavy atom. The average molecular weight is 356 g/mol. The first-order valence-electron chi connectivity index (χ1n) is 7.90. The average Bonchev–Trinajstić information content (AvgIpc) is 3.22. The Hall–Kier alpha value is -1.18. The number of ether oxygens (including phenoxy) is 1. The molecule has 7 heteroatoms. The van der Waals surface area contributed by atoms with E-state index < -0.39 is 36.2 Å². The molecule has 0 N–H and O–H groups in total. The number of carbonyl (C=O) groups is 1. The molecule has 1 aliphatic rings. The Kier molecular flexibility index (Phi) is 5.32. The molecule has 1 aliphatic heterocycles. The summed E-state index contributed by atoms with van der Waals surface area (Å²) in [7, 11) is -4.94. The van der Waals surface area contributed by atoms with Gasteiger partial charge in [-0.15, -0.1) is 0 Å². The molecule has 0 amide bonds. The third-order valence-electron chi connectivity index (χ3n) is 3.86. The smallest absolute Gasteiger partial charge is 0.326 e. The van der Waals surface area contributed by atoms with Crippen LogP contribution in [0.5, 0.6) is 0 Å². The normalized spacial score (nSPS) is 24.3. The lowest BCUT2D eigenvalue weighted by Crippen LogP contribution is -2.28. The summed E-state index contributed by atoms with van der Waals surface area (Å²) in [5, 5.41) is 0. The van der Waals surface area contributed by atoms with Crippen LogP contribution in [0.3, 0.4) is 0 Å². The van der Waals surface area contributed by atoms with Crippen molar-refractivity contribution in [2.75, 3.05) is 12.4 Å². The van der Waals surface area contributed by atoms with Crippen LogP contribution in [-0.2, 0) is 19.6 Å². The van der Waals surface area contributed by atoms with Crippen LogP contribution in [-0.4, -0.2) is 45.2 Å². The summed E-state index contributed by atoms with van der Waals surface area (Å²) in [5.74, 6) is -0.361. The molecule has 0 spiro atoms. The lowest BCUT2D eigenvalue weighted by molar-refractivity contribution is -0.143. The molecule has 1 fully saturated rings. The van der Waals surface area contributed by atoms with Gasteiger partial charge in [0.15, 0.2) is 0 Å². The van der Waals surface area contributed by atoms with Gasteiger partial charge in [0.1, 0.15) is 6.04 Å². The minimum absolute atomic E-state index is 0.0992. The van der Waals surface area contributed by atoms with Crippen LogP contribution in [0.1, 0.15) is 18.5 Å². The number of nitrogens with zero attached hydrogens (tertiary/aromatic N) is 1. The van der Waals surface area contributed by atoms with Crippen molar-refractivity contribution in [2.24, 2.45) is 0 Å². The molecule has 1 saturated heterocycles. The van der Waals surface area contributed by atoms with Crippen LogP contribution >= 0.6 is 0 Å². The van der Waals surface area contributed by atoms with Crippen LogP contribution in [0.25, 0.3) is 0 Å². The van der Waals surface area contributed by atoms with Crippen molar-refractivity contribution in [1.82, 2.24) is 4.31 Å². The molecule has 0 radical (unpaired) electrons. The fourth-order valence-corrected chi connectivity index (χ4v) is 7.31. The highest BCUT2D eigenvalue weighted by atomic mass is 32.2. The molecule has 0 bridgehead atoms. The van der Waals surface area contributed by atoms with Gasteiger partial charge in [-0.25, -0.2) is 8.42 Å². The van der Waals surface area contributed by atoms with Gasteiger partial charge in [-0.1, -0.05) is 50.0 Å². The Morgan fingerprint density at radius 2 is 1.83 bits per heavy atom. The standard InChI is InChI=1S/C16H25NO4SSi/c1-5-21-16(18)15-14(13-9-7-6-8-10-13)17(15)22(19,20)11-12-23(2,3)4/h6-10,14-15H,5,11-12H2,1-4H3/t14-,15-,17?/m1/s1. The van der Waals surface area contributed by atoms with Gasteiger partial charge in [0.2, 0.25) is 10.0 Å². The van der Waals surface area contributed by atoms with E-state index in [-0.39, 0.29) is 12.4 Å². The number of hydrogen-bond acceptors (Lipinski definition) is 4. The molecule has 5 nitrogen and oxygen atoms in total. The van der Waals surface area contributed by atoms with E-state index in [9.17, 15) is 13.2 Å². The molecule has 0 saturated carbocycles. The van der Waals surface area contributed by atoms with E-state index in [2.05, 4.69) is 19.6 Å². The number of esters is 1. The second-order valence-electron chi connectivity index (χ2n) is 7.01. The summed E-state index contributed by atoms with van der Waals surface area (Å²) in [6.07, 6.45) is 0. The van der Waals surface area contributed by atoms with Crippen LogP contribution in [0.2, 0.25) is 25.7 Å². The molecule has 23 heavy (non-hydrogen) atoms. The van der Waals surface area contributed by atoms with Crippen molar-refractivity contribution in [3.63, 3.8) is 0 Å². The summed E-state index contributed by atoms with van der Waals surface area (Å²) in [5.41, 5.74) is 0.835. The summed E-state index contributed by atoms with van der Waals surface area (Å²) in [6.45, 7) is 8.40. The molecule has 0 aliphatic carbocycles. The largest absolute Gasteiger partial charge is 0.465 e. The topological polar surface area (TPSA) is 63.5 Å². The summed E-state index contributed by atoms with van der Waals surface area (Å²) in [4.78, 5) is 12.1. The summed E-state index contributed by atoms with van der Waals surface area (Å²) >= 11 is 0. The van der Waals surface area contributed by atoms with E-state index in [0.717, 1.165) is 5.56 Å². The highest BCUT2D eigenvalue weighted by molar-refractivity contribution is 7.89. The van der Waals surface area contributed by atoms with Crippen molar-refractivity contribution in [2.45, 2.75) is 44.7 Å². The fourth-order valence-electron chi connectivity index (χ4n) is 2.54. The Morgan fingerprint density at radius 1 is 1.22 bits per heavy atom. The minimum atomic E-state index is -3.46. The Bertz CT molecular complexity index is 654. The van der Waals surface area contributed by atoms with Gasteiger partial charge in [-0.05, 0) is 18.5 Å². The predicted octanol–water partition coefficient (Wildman–Crippen LogP) is 2.64. The number of sulfonamides is 1. The molecular weight excluding hydrogens is 330 g/mol. The van der Waals surface area contributed by atoms with Crippen LogP contribution in [0.15, 0.2) is 30.3 Å². The third-order valence-corrected chi connectivity index (χ3v) is 7.79. The Balaban J connectivity index is 2.22. The van der Waals surface area contributed by atoms with E-state index in [0.29, 0.717) is 6.04 Å². The van der Waals surface area contributed by atoms with E-state index in [4.69, 9.17) is 4.74 Å². The second kappa shape index (κ2) is 6.74. The van der Waals surface area contributed by atoms with Crippen LogP contribution < -0.4 is 0 Å². The van der Waals surface area contributed by atoms with Crippen molar-refractivity contribution >= 4 is 24.1 Å². The van der Waals surface area contributed by atoms with Gasteiger partial charge in [0, 0.05) is 8.07 Å². The molecule has 1 aromatic carbocycles. The van der Waals surface area contributed by atoms with Gasteiger partial charge < -0.3 is 4.74 Å². The number of hydrogen-bond donors (Lipinski definition) is 0. The molecule has 1 aromatic rings. The monoisotopic (exact) mass is 355 g/mol. The second-order valence-corrected chi connectivity index (χ2v) is 14.6. The maximum Gasteiger partial charge on any atom is 0.326 e. The van der Waals surface area contributed by atoms with E-state index in [1.54, 1.807) is 6.92 Å². The van der Waals surface area contributed by atoms with E-state index >= 15 is 0 Å². The SMILES string of the molecule is CCOC(=O)[C@H]1[C@@H](c2ccccc2)N1S(=O)(=O)CC[Si](C)(C)C. The van der Waals surface area contributed by atoms with E-state index in [1.165, 1.54) is 4.31 Å². The first-order chi connectivity index (χ1) is 10.7. The van der Waals surface area contributed by atoms with Gasteiger partial charge in [0.25, 0.3) is 0 Å². The first-order valence-corrected chi connectivity index (χ1v) is 13.2. The lowest BCUT2D eigenvalue weighted by Gasteiger charge is -2.16. The zero-order chi connectivity index (χ0) is 17.3. The summed E-state index contributed by atoms with van der Waals surface area (Å²) in [6, 6.07) is 8.81. The molecule has 128 valence electrons. The molecule has 3 atom stereocenters. The van der Waals surface area contributed by atoms with Gasteiger partial charge >= 0.3 is 5.97 Å². The highest BCUT2D eigenvalue weighted by Crippen LogP contribution is 2.46. The van der Waals surface area contributed by atoms with E-state index in [1.807, 2.05) is 30.3 Å². The summed E-state index contributed by atoms with van der Waals surface area (Å²) < 4.78 is 31.7. The van der Waals surface area contributed by atoms with Gasteiger partial charge in [-0.3, -0.25) is 4.79 Å². The molecule has 1 unspecified atom stereocenters. The van der Waals surface area contributed by atoms with Gasteiger partial charge in [0.05, 0.1) is 18.4 Å². The number of carbonyl (C=O) groups excluding carboxylic acids is 1. The number of rotatable bonds is 7. The highest BCUT2D eigenvalue weighted by Gasteiger charge is 2.60. The van der Waals surface area contributed by atoms with Crippen molar-refractivity contribution in [1.29, 1.82) is 0 Å². The fraction of sp³-hybridized carbons (Fsp3) is 0.562. The molecular formula is C16H25NO4SSi. The molecule has 1 heterocycles. The molecule has 2 rings (SSSR count). The maximum atomic E-state index is 12.7. The zero-order valence-electron chi connectivity index (χ0n) is 14.2. The zero-order valence-corrected chi connectivity index (χ0v) is 16.0. The van der Waals surface area contributed by atoms with Crippen molar-refractivity contribution < 1.29 is 17.9 Å². The molecule has 0 aromatic heterocycles. The minimum Gasteiger partial charge on any atom is -0.465 e. The third kappa shape index (κ3) is 4.42. The maximum absolute atomic E-state index is 12.7.